The van der Waals surface area contributed by atoms with E-state index < -0.39 is 0 Å². The molecule has 0 radical (unpaired) electrons. The molecule has 0 aliphatic rings. The van der Waals surface area contributed by atoms with Crippen LogP contribution in [0.15, 0.2) is 61.7 Å². The second kappa shape index (κ2) is 6.90. The van der Waals surface area contributed by atoms with Gasteiger partial charge in [-0.15, -0.1) is 50.5 Å². The fraction of sp³-hybridized carbons (Fsp3) is 0. The minimum Gasteiger partial charge on any atom is -0.142 e. The number of hydrogen-bond acceptors (Lipinski definition) is 4. The largest absolute Gasteiger partial charge is 0.142 e. The van der Waals surface area contributed by atoms with Gasteiger partial charge in [-0.2, -0.15) is 0 Å². The molecule has 0 fully saturated rings. The summed E-state index contributed by atoms with van der Waals surface area (Å²) >= 11 is 35.3. The second-order valence-corrected chi connectivity index (χ2v) is 12.9. The standard InChI is InChI=1S/C24H8Br4S4/c25-17-6-3-1-5-2-4-7-10-8(5)9(6)11-13-12(10)16(23(31)21(7)29)24(32)22(30)15(13)20(28)19(27)14(11)18(17)26/h1-4,29-32H. The van der Waals surface area contributed by atoms with Crippen molar-refractivity contribution < 1.29 is 0 Å². The molecule has 8 heteroatoms. The highest BCUT2D eigenvalue weighted by molar-refractivity contribution is 9.14. The van der Waals surface area contributed by atoms with Crippen LogP contribution in [0.2, 0.25) is 0 Å². The van der Waals surface area contributed by atoms with Gasteiger partial charge in [0.2, 0.25) is 0 Å². The molecule has 0 N–H and O–H groups in total. The van der Waals surface area contributed by atoms with Crippen LogP contribution in [0.1, 0.15) is 0 Å². The van der Waals surface area contributed by atoms with Crippen LogP contribution in [0.5, 0.6) is 0 Å². The molecule has 0 spiro atoms. The second-order valence-electron chi connectivity index (χ2n) is 7.97. The normalized spacial score (nSPS) is 13.0. The Bertz CT molecular complexity index is 1830. The Hall–Kier alpha value is 0.200. The SMILES string of the molecule is Sc1c(S)c2c(S)c(S)c3c(Br)c(Br)c4c(Br)c(Br)c5ccc6ccc1c1c6c5c4c3c21. The Balaban J connectivity index is 2.11. The summed E-state index contributed by atoms with van der Waals surface area (Å²) in [4.78, 5) is 3.33. The first-order valence-corrected chi connectivity index (χ1v) is 14.4. The van der Waals surface area contributed by atoms with E-state index in [2.05, 4.69) is 88.0 Å². The average Bonchev–Trinajstić information content (AvgIpc) is 2.78. The Labute approximate surface area is 238 Å². The molecule has 0 saturated heterocycles. The smallest absolute Gasteiger partial charge is 0.0414 e. The minimum atomic E-state index is 0.814. The first-order chi connectivity index (χ1) is 15.3. The van der Waals surface area contributed by atoms with Gasteiger partial charge in [-0.1, -0.05) is 24.3 Å². The van der Waals surface area contributed by atoms with Crippen LogP contribution in [0.4, 0.5) is 0 Å². The molecular formula is C24H8Br4S4. The van der Waals surface area contributed by atoms with E-state index >= 15 is 0 Å². The summed E-state index contributed by atoms with van der Waals surface area (Å²) in [5.41, 5.74) is 0. The molecule has 0 aliphatic heterocycles. The third kappa shape index (κ3) is 2.28. The van der Waals surface area contributed by atoms with Crippen molar-refractivity contribution in [2.24, 2.45) is 0 Å². The van der Waals surface area contributed by atoms with E-state index in [1.165, 1.54) is 43.1 Å². The van der Waals surface area contributed by atoms with E-state index in [-0.39, 0.29) is 0 Å². The maximum atomic E-state index is 4.96. The lowest BCUT2D eigenvalue weighted by Crippen LogP contribution is -1.98. The fourth-order valence-electron chi connectivity index (χ4n) is 5.37. The lowest BCUT2D eigenvalue weighted by atomic mass is 9.82. The van der Waals surface area contributed by atoms with Gasteiger partial charge < -0.3 is 0 Å². The van der Waals surface area contributed by atoms with E-state index in [1.807, 2.05) is 0 Å². The quantitative estimate of drug-likeness (QED) is 0.0664. The van der Waals surface area contributed by atoms with Crippen molar-refractivity contribution in [3.63, 3.8) is 0 Å². The van der Waals surface area contributed by atoms with Crippen molar-refractivity contribution in [1.29, 1.82) is 0 Å². The molecular weight excluding hydrogens is 736 g/mol. The van der Waals surface area contributed by atoms with Gasteiger partial charge in [0.15, 0.2) is 0 Å². The number of thiol groups is 4. The topological polar surface area (TPSA) is 0 Å². The zero-order chi connectivity index (χ0) is 22.4. The van der Waals surface area contributed by atoms with Crippen LogP contribution in [-0.4, -0.2) is 0 Å². The van der Waals surface area contributed by atoms with Crippen LogP contribution in [0, 0.1) is 0 Å². The molecule has 0 aliphatic carbocycles. The van der Waals surface area contributed by atoms with Crippen molar-refractivity contribution >= 4 is 179 Å². The van der Waals surface area contributed by atoms with Gasteiger partial charge in [0.05, 0.1) is 0 Å². The summed E-state index contributed by atoms with van der Waals surface area (Å²) in [6.45, 7) is 0. The molecule has 0 atom stereocenters. The van der Waals surface area contributed by atoms with E-state index in [4.69, 9.17) is 50.5 Å². The van der Waals surface area contributed by atoms with Gasteiger partial charge in [-0.05, 0) is 96.0 Å². The van der Waals surface area contributed by atoms with E-state index in [1.54, 1.807) is 0 Å². The highest BCUT2D eigenvalue weighted by Crippen LogP contribution is 2.58. The number of halogens is 4. The van der Waals surface area contributed by atoms with E-state index in [0.717, 1.165) is 59.0 Å². The highest BCUT2D eigenvalue weighted by Gasteiger charge is 2.29. The van der Waals surface area contributed by atoms with Crippen LogP contribution in [0.3, 0.4) is 0 Å². The predicted molar refractivity (Wildman–Crippen MR) is 165 cm³/mol. The molecule has 0 aromatic heterocycles. The monoisotopic (exact) mass is 740 g/mol. The summed E-state index contributed by atoms with van der Waals surface area (Å²) in [6.07, 6.45) is 0. The average molecular weight is 744 g/mol. The molecule has 0 bridgehead atoms. The zero-order valence-electron chi connectivity index (χ0n) is 15.6. The van der Waals surface area contributed by atoms with E-state index in [0.29, 0.717) is 0 Å². The molecule has 7 aromatic carbocycles. The maximum Gasteiger partial charge on any atom is 0.0414 e. The Morgan fingerprint density at radius 2 is 0.844 bits per heavy atom. The highest BCUT2D eigenvalue weighted by atomic mass is 79.9. The van der Waals surface area contributed by atoms with Crippen LogP contribution >= 0.6 is 114 Å². The Morgan fingerprint density at radius 3 is 1.56 bits per heavy atom. The molecule has 0 heterocycles. The van der Waals surface area contributed by atoms with Crippen molar-refractivity contribution in [2.75, 3.05) is 0 Å². The van der Waals surface area contributed by atoms with Crippen molar-refractivity contribution in [1.82, 2.24) is 0 Å². The van der Waals surface area contributed by atoms with Gasteiger partial charge in [0, 0.05) is 69.8 Å². The fourth-order valence-corrected chi connectivity index (χ4v) is 9.52. The maximum absolute atomic E-state index is 4.96. The lowest BCUT2D eigenvalue weighted by molar-refractivity contribution is 1.29. The van der Waals surface area contributed by atoms with Crippen LogP contribution in [0.25, 0.3) is 64.6 Å². The first-order valence-electron chi connectivity index (χ1n) is 9.47. The summed E-state index contributed by atoms with van der Waals surface area (Å²) in [6, 6.07) is 8.74. The molecule has 0 unspecified atom stereocenters. The van der Waals surface area contributed by atoms with Gasteiger partial charge in [-0.3, -0.25) is 0 Å². The molecule has 32 heavy (non-hydrogen) atoms. The molecule has 0 amide bonds. The first kappa shape index (κ1) is 21.5. The van der Waals surface area contributed by atoms with Crippen LogP contribution in [-0.2, 0) is 0 Å². The molecule has 0 nitrogen and oxygen atoms in total. The van der Waals surface area contributed by atoms with Crippen LogP contribution < -0.4 is 0 Å². The van der Waals surface area contributed by atoms with E-state index in [9.17, 15) is 0 Å². The van der Waals surface area contributed by atoms with Gasteiger partial charge in [0.25, 0.3) is 0 Å². The molecule has 0 saturated carbocycles. The van der Waals surface area contributed by atoms with Crippen molar-refractivity contribution in [3.8, 4) is 0 Å². The number of hydrogen-bond donors (Lipinski definition) is 4. The third-order valence-corrected chi connectivity index (χ3v) is 13.1. The Kier molecular flexibility index (Phi) is 4.63. The molecule has 156 valence electrons. The lowest BCUT2D eigenvalue weighted by Gasteiger charge is -2.26. The summed E-state index contributed by atoms with van der Waals surface area (Å²) in [7, 11) is 0. The molecule has 7 rings (SSSR count). The Morgan fingerprint density at radius 1 is 0.375 bits per heavy atom. The molecule has 7 aromatic rings. The van der Waals surface area contributed by atoms with Crippen molar-refractivity contribution in [2.45, 2.75) is 19.6 Å². The number of rotatable bonds is 0. The third-order valence-electron chi connectivity index (χ3n) is 6.63. The van der Waals surface area contributed by atoms with Gasteiger partial charge in [0.1, 0.15) is 0 Å². The summed E-state index contributed by atoms with van der Waals surface area (Å²) in [5.74, 6) is 0. The summed E-state index contributed by atoms with van der Waals surface area (Å²) in [5, 5.41) is 13.9. The summed E-state index contributed by atoms with van der Waals surface area (Å²) < 4.78 is 4.01. The van der Waals surface area contributed by atoms with Gasteiger partial charge >= 0.3 is 0 Å². The number of benzene rings is 7. The zero-order valence-corrected chi connectivity index (χ0v) is 25.5. The van der Waals surface area contributed by atoms with Crippen molar-refractivity contribution in [3.05, 3.63) is 42.2 Å². The van der Waals surface area contributed by atoms with Gasteiger partial charge in [-0.25, -0.2) is 0 Å². The predicted octanol–water partition coefficient (Wildman–Crippen LogP) is 11.1. The minimum absolute atomic E-state index is 0.814.